The molecule has 0 saturated carbocycles. The molecule has 1 aromatic heterocycles. The topological polar surface area (TPSA) is 57.6 Å². The molecule has 0 radical (unpaired) electrons. The number of para-hydroxylation sites is 1. The molecular weight excluding hydrogens is 280 g/mol. The van der Waals surface area contributed by atoms with Crippen molar-refractivity contribution in [3.63, 3.8) is 0 Å². The number of hydrogen-bond donors (Lipinski definition) is 1. The van der Waals surface area contributed by atoms with E-state index in [1.165, 1.54) is 0 Å². The first-order valence-corrected chi connectivity index (χ1v) is 7.42. The van der Waals surface area contributed by atoms with Crippen molar-refractivity contribution in [2.45, 2.75) is 6.92 Å². The van der Waals surface area contributed by atoms with Crippen LogP contribution < -0.4 is 5.32 Å². The zero-order chi connectivity index (χ0) is 15.7. The van der Waals surface area contributed by atoms with Crippen molar-refractivity contribution in [1.29, 1.82) is 0 Å². The average molecular weight is 300 g/mol. The van der Waals surface area contributed by atoms with E-state index in [1.54, 1.807) is 16.7 Å². The Kier molecular flexibility index (Phi) is 3.75. The SMILES string of the molecule is CC(=O)N1CCN(C(=O)Nc2cn(C)c3ccccc23)CC1. The van der Waals surface area contributed by atoms with Crippen LogP contribution in [0.25, 0.3) is 10.9 Å². The van der Waals surface area contributed by atoms with Crippen LogP contribution in [0, 0.1) is 0 Å². The molecule has 2 aromatic rings. The van der Waals surface area contributed by atoms with E-state index >= 15 is 0 Å². The van der Waals surface area contributed by atoms with Gasteiger partial charge in [-0.15, -0.1) is 0 Å². The minimum atomic E-state index is -0.112. The molecule has 1 fully saturated rings. The standard InChI is InChI=1S/C16H20N4O2/c1-12(21)19-7-9-20(10-8-19)16(22)17-14-11-18(2)15-6-4-3-5-13(14)15/h3-6,11H,7-10H2,1-2H3,(H,17,22). The summed E-state index contributed by atoms with van der Waals surface area (Å²) in [5.41, 5.74) is 1.90. The number of nitrogens with zero attached hydrogens (tertiary/aromatic N) is 3. The van der Waals surface area contributed by atoms with Crippen LogP contribution in [0.1, 0.15) is 6.92 Å². The molecule has 22 heavy (non-hydrogen) atoms. The minimum absolute atomic E-state index is 0.0640. The Morgan fingerprint density at radius 3 is 2.36 bits per heavy atom. The number of aromatic nitrogens is 1. The summed E-state index contributed by atoms with van der Waals surface area (Å²) in [6.45, 7) is 3.88. The molecule has 0 bridgehead atoms. The van der Waals surface area contributed by atoms with E-state index in [9.17, 15) is 9.59 Å². The van der Waals surface area contributed by atoms with Crippen LogP contribution in [0.5, 0.6) is 0 Å². The number of benzene rings is 1. The second kappa shape index (κ2) is 5.71. The summed E-state index contributed by atoms with van der Waals surface area (Å²) in [7, 11) is 1.96. The van der Waals surface area contributed by atoms with Crippen molar-refractivity contribution in [3.05, 3.63) is 30.5 Å². The number of amides is 3. The lowest BCUT2D eigenvalue weighted by atomic mass is 10.2. The van der Waals surface area contributed by atoms with Crippen molar-refractivity contribution >= 4 is 28.5 Å². The number of fused-ring (bicyclic) bond motifs is 1. The van der Waals surface area contributed by atoms with E-state index in [0.717, 1.165) is 16.6 Å². The summed E-state index contributed by atoms with van der Waals surface area (Å²) >= 11 is 0. The zero-order valence-corrected chi connectivity index (χ0v) is 12.9. The van der Waals surface area contributed by atoms with Crippen LogP contribution in [-0.2, 0) is 11.8 Å². The lowest BCUT2D eigenvalue weighted by Crippen LogP contribution is -2.51. The van der Waals surface area contributed by atoms with Crippen LogP contribution in [0.4, 0.5) is 10.5 Å². The summed E-state index contributed by atoms with van der Waals surface area (Å²) in [6.07, 6.45) is 1.92. The quantitative estimate of drug-likeness (QED) is 0.874. The van der Waals surface area contributed by atoms with E-state index in [0.29, 0.717) is 26.2 Å². The maximum atomic E-state index is 12.4. The molecule has 2 heterocycles. The van der Waals surface area contributed by atoms with Crippen molar-refractivity contribution in [1.82, 2.24) is 14.4 Å². The maximum absolute atomic E-state index is 12.4. The Hall–Kier alpha value is -2.50. The molecule has 0 spiro atoms. The van der Waals surface area contributed by atoms with E-state index in [4.69, 9.17) is 0 Å². The van der Waals surface area contributed by atoms with Gasteiger partial charge >= 0.3 is 6.03 Å². The van der Waals surface area contributed by atoms with E-state index in [2.05, 4.69) is 5.32 Å². The Labute approximate surface area is 129 Å². The van der Waals surface area contributed by atoms with Gasteiger partial charge in [0.05, 0.1) is 5.69 Å². The summed E-state index contributed by atoms with van der Waals surface area (Å²) in [6, 6.07) is 7.85. The monoisotopic (exact) mass is 300 g/mol. The summed E-state index contributed by atoms with van der Waals surface area (Å²) < 4.78 is 2.00. The highest BCUT2D eigenvalue weighted by molar-refractivity contribution is 6.01. The molecule has 0 aliphatic carbocycles. The first kappa shape index (κ1) is 14.4. The maximum Gasteiger partial charge on any atom is 0.322 e. The van der Waals surface area contributed by atoms with Crippen molar-refractivity contribution < 1.29 is 9.59 Å². The third-order valence-electron chi connectivity index (χ3n) is 4.15. The number of nitrogens with one attached hydrogen (secondary N) is 1. The van der Waals surface area contributed by atoms with Gasteiger partial charge in [-0.05, 0) is 6.07 Å². The van der Waals surface area contributed by atoms with Crippen LogP contribution >= 0.6 is 0 Å². The normalized spacial score (nSPS) is 15.2. The van der Waals surface area contributed by atoms with Gasteiger partial charge in [-0.1, -0.05) is 18.2 Å². The first-order valence-electron chi connectivity index (χ1n) is 7.42. The smallest absolute Gasteiger partial charge is 0.322 e. The Morgan fingerprint density at radius 2 is 1.68 bits per heavy atom. The Bertz CT molecular complexity index is 714. The van der Waals surface area contributed by atoms with Crippen LogP contribution in [-0.4, -0.2) is 52.5 Å². The number of urea groups is 1. The molecular formula is C16H20N4O2. The van der Waals surface area contributed by atoms with Gasteiger partial charge < -0.3 is 19.7 Å². The number of rotatable bonds is 1. The van der Waals surface area contributed by atoms with E-state index in [1.807, 2.05) is 42.1 Å². The molecule has 1 N–H and O–H groups in total. The number of aryl methyl sites for hydroxylation is 1. The molecule has 0 atom stereocenters. The molecule has 116 valence electrons. The van der Waals surface area contributed by atoms with Crippen molar-refractivity contribution in [2.75, 3.05) is 31.5 Å². The van der Waals surface area contributed by atoms with Crippen LogP contribution in [0.15, 0.2) is 30.5 Å². The number of carbonyl (C=O) groups is 2. The highest BCUT2D eigenvalue weighted by atomic mass is 16.2. The summed E-state index contributed by atoms with van der Waals surface area (Å²) in [4.78, 5) is 27.2. The molecule has 1 saturated heterocycles. The molecule has 0 unspecified atom stereocenters. The number of carbonyl (C=O) groups excluding carboxylic acids is 2. The van der Waals surface area contributed by atoms with E-state index in [-0.39, 0.29) is 11.9 Å². The third kappa shape index (κ3) is 2.64. The number of hydrogen-bond acceptors (Lipinski definition) is 2. The van der Waals surface area contributed by atoms with Gasteiger partial charge in [0, 0.05) is 57.3 Å². The third-order valence-corrected chi connectivity index (χ3v) is 4.15. The average Bonchev–Trinajstić information content (AvgIpc) is 2.84. The predicted molar refractivity (Wildman–Crippen MR) is 85.8 cm³/mol. The number of anilines is 1. The van der Waals surface area contributed by atoms with Crippen LogP contribution in [0.3, 0.4) is 0 Å². The van der Waals surface area contributed by atoms with Crippen LogP contribution in [0.2, 0.25) is 0 Å². The second-order valence-corrected chi connectivity index (χ2v) is 5.59. The van der Waals surface area contributed by atoms with Gasteiger partial charge in [-0.25, -0.2) is 4.79 Å². The van der Waals surface area contributed by atoms with Crippen molar-refractivity contribution in [3.8, 4) is 0 Å². The second-order valence-electron chi connectivity index (χ2n) is 5.59. The lowest BCUT2D eigenvalue weighted by molar-refractivity contribution is -0.130. The molecule has 6 nitrogen and oxygen atoms in total. The highest BCUT2D eigenvalue weighted by Crippen LogP contribution is 2.25. The molecule has 1 aromatic carbocycles. The predicted octanol–water partition coefficient (Wildman–Crippen LogP) is 1.87. The molecule has 1 aliphatic heterocycles. The summed E-state index contributed by atoms with van der Waals surface area (Å²) in [5.74, 6) is 0.0640. The fourth-order valence-electron chi connectivity index (χ4n) is 2.86. The van der Waals surface area contributed by atoms with Gasteiger partial charge in [0.25, 0.3) is 0 Å². The zero-order valence-electron chi connectivity index (χ0n) is 12.9. The highest BCUT2D eigenvalue weighted by Gasteiger charge is 2.22. The van der Waals surface area contributed by atoms with Crippen molar-refractivity contribution in [2.24, 2.45) is 7.05 Å². The van der Waals surface area contributed by atoms with Gasteiger partial charge in [0.15, 0.2) is 0 Å². The Morgan fingerprint density at radius 1 is 1.05 bits per heavy atom. The minimum Gasteiger partial charge on any atom is -0.348 e. The molecule has 3 rings (SSSR count). The van der Waals surface area contributed by atoms with Gasteiger partial charge in [-0.3, -0.25) is 4.79 Å². The largest absolute Gasteiger partial charge is 0.348 e. The molecule has 1 aliphatic rings. The fraction of sp³-hybridized carbons (Fsp3) is 0.375. The number of piperazine rings is 1. The molecule has 6 heteroatoms. The van der Waals surface area contributed by atoms with Gasteiger partial charge in [0.2, 0.25) is 5.91 Å². The lowest BCUT2D eigenvalue weighted by Gasteiger charge is -2.34. The van der Waals surface area contributed by atoms with Gasteiger partial charge in [-0.2, -0.15) is 0 Å². The fourth-order valence-corrected chi connectivity index (χ4v) is 2.86. The van der Waals surface area contributed by atoms with Gasteiger partial charge in [0.1, 0.15) is 0 Å². The molecule has 3 amide bonds. The first-order chi connectivity index (χ1) is 10.6. The van der Waals surface area contributed by atoms with E-state index < -0.39 is 0 Å². The Balaban J connectivity index is 1.70. The summed E-state index contributed by atoms with van der Waals surface area (Å²) in [5, 5.41) is 4.01.